The summed E-state index contributed by atoms with van der Waals surface area (Å²) in [6, 6.07) is 18.4. The number of rotatable bonds is 0. The predicted octanol–water partition coefficient (Wildman–Crippen LogP) is 6.62. The van der Waals surface area contributed by atoms with Gasteiger partial charge >= 0.3 is 26.2 Å². The minimum Gasteiger partial charge on any atom is -0.484 e. The van der Waals surface area contributed by atoms with Crippen LogP contribution in [0, 0.1) is 12.1 Å². The average molecular weight is 461 g/mol. The third-order valence-corrected chi connectivity index (χ3v) is 1.99. The van der Waals surface area contributed by atoms with E-state index in [-0.39, 0.29) is 51.0 Å². The number of halogens is 2. The van der Waals surface area contributed by atoms with Crippen LogP contribution in [0.2, 0.25) is 13.1 Å². The number of H-pyrrole nitrogens is 1. The van der Waals surface area contributed by atoms with Gasteiger partial charge in [0, 0.05) is 9.52 Å². The minimum absolute atomic E-state index is 0. The molecule has 0 amide bonds. The largest absolute Gasteiger partial charge is 3.00 e. The summed E-state index contributed by atoms with van der Waals surface area (Å²) in [4.78, 5) is 2.74. The second kappa shape index (κ2) is 22.8. The van der Waals surface area contributed by atoms with Gasteiger partial charge in [0.05, 0.1) is 0 Å². The molecule has 3 rings (SSSR count). The first kappa shape index (κ1) is 31.5. The molecule has 0 spiro atoms. The smallest absolute Gasteiger partial charge is 0.484 e. The first-order chi connectivity index (χ1) is 10.1. The molecule has 5 heteroatoms. The van der Waals surface area contributed by atoms with Gasteiger partial charge in [0.2, 0.25) is 0 Å². The molecular weight excluding hydrogens is 432 g/mol. The van der Waals surface area contributed by atoms with E-state index in [4.69, 9.17) is 0 Å². The first-order valence-electron chi connectivity index (χ1n) is 7.07. The fraction of sp³-hybridized carbons (Fsp3) is 0.263. The molecule has 1 nitrogen and oxygen atoms in total. The molecule has 1 N–H and O–H groups in total. The number of aromatic amines is 1. The molecule has 0 saturated carbocycles. The third-order valence-electron chi connectivity index (χ3n) is 1.99. The number of fused-ring (bicyclic) bond motifs is 1. The van der Waals surface area contributed by atoms with E-state index in [1.165, 1.54) is 16.7 Å². The zero-order valence-corrected chi connectivity index (χ0v) is 20.2. The van der Waals surface area contributed by atoms with Gasteiger partial charge < -0.3 is 10.9 Å². The topological polar surface area (TPSA) is 15.8 Å². The van der Waals surface area contributed by atoms with Gasteiger partial charge in [-0.1, -0.05) is 19.2 Å². The van der Waals surface area contributed by atoms with Gasteiger partial charge in [-0.3, -0.25) is 0 Å². The molecular formula is C19H28Cl2NSiZr. The van der Waals surface area contributed by atoms with Crippen molar-refractivity contribution >= 4 is 45.1 Å². The molecule has 3 aromatic rings. The fourth-order valence-electron chi connectivity index (χ4n) is 1.31. The Morgan fingerprint density at radius 1 is 1.00 bits per heavy atom. The molecule has 0 aliphatic heterocycles. The average Bonchev–Trinajstić information content (AvgIpc) is 3.14. The fourth-order valence-corrected chi connectivity index (χ4v) is 1.31. The summed E-state index contributed by atoms with van der Waals surface area (Å²) in [6.07, 6.45) is 4.56. The molecule has 2 aromatic carbocycles. The van der Waals surface area contributed by atoms with E-state index in [9.17, 15) is 0 Å². The Balaban J connectivity index is -0.000000118. The van der Waals surface area contributed by atoms with Crippen LogP contribution in [0.4, 0.5) is 0 Å². The van der Waals surface area contributed by atoms with Crippen molar-refractivity contribution in [3.8, 4) is 0 Å². The molecule has 0 atom stereocenters. The van der Waals surface area contributed by atoms with Gasteiger partial charge in [-0.2, -0.15) is 56.6 Å². The number of nitrogens with one attached hydrogen (secondary N) is 1. The normalized spacial score (nSPS) is 7.75. The Morgan fingerprint density at radius 3 is 1.92 bits per heavy atom. The van der Waals surface area contributed by atoms with Crippen molar-refractivity contribution in [1.82, 2.24) is 4.98 Å². The number of benzene rings is 1. The summed E-state index contributed by atoms with van der Waals surface area (Å²) in [7, 11) is 1.08. The Morgan fingerprint density at radius 2 is 1.54 bits per heavy atom. The van der Waals surface area contributed by atoms with Crippen LogP contribution in [0.3, 0.4) is 0 Å². The zero-order chi connectivity index (χ0) is 15.9. The van der Waals surface area contributed by atoms with Crippen molar-refractivity contribution < 1.29 is 26.2 Å². The van der Waals surface area contributed by atoms with Crippen LogP contribution in [0.5, 0.6) is 0 Å². The maximum absolute atomic E-state index is 2.74. The maximum atomic E-state index is 2.74. The van der Waals surface area contributed by atoms with E-state index >= 15 is 0 Å². The summed E-state index contributed by atoms with van der Waals surface area (Å²) in [5, 5.41) is 2.66. The standard InChI is InChI=1S/C9H7.C4H4N.C4H9.C2H6Si.2ClH.Zr/c1-2-5-9-7-3-6-8(9)4-1;1-2-4-5-3-1;1-4(2)3;1-3-2;;;/h1-7H;1-3,5H;1-3H3;1-2H3;2*1H;/q3*-1;;;;+3. The molecule has 0 aliphatic carbocycles. The second-order valence-corrected chi connectivity index (χ2v) is 5.97. The summed E-state index contributed by atoms with van der Waals surface area (Å²) in [5.41, 5.74) is 0. The predicted molar refractivity (Wildman–Crippen MR) is 111 cm³/mol. The van der Waals surface area contributed by atoms with Gasteiger partial charge in [0.25, 0.3) is 0 Å². The molecule has 0 bridgehead atoms. The van der Waals surface area contributed by atoms with Crippen LogP contribution in [-0.2, 0) is 26.2 Å². The van der Waals surface area contributed by atoms with Gasteiger partial charge in [-0.15, -0.1) is 60.7 Å². The second-order valence-electron chi connectivity index (χ2n) is 4.97. The van der Waals surface area contributed by atoms with E-state index in [0.29, 0.717) is 0 Å². The summed E-state index contributed by atoms with van der Waals surface area (Å²) in [6.45, 7) is 10.6. The van der Waals surface area contributed by atoms with Gasteiger partial charge in [-0.25, -0.2) is 0 Å². The zero-order valence-electron chi connectivity index (χ0n) is 15.1. The molecule has 1 aromatic heterocycles. The number of hydrogen-bond donors (Lipinski definition) is 1. The Kier molecular flexibility index (Phi) is 30.0. The molecule has 0 saturated heterocycles. The summed E-state index contributed by atoms with van der Waals surface area (Å²) >= 11 is 0. The molecule has 24 heavy (non-hydrogen) atoms. The van der Waals surface area contributed by atoms with Crippen molar-refractivity contribution in [2.75, 3.05) is 0 Å². The van der Waals surface area contributed by atoms with E-state index < -0.39 is 0 Å². The van der Waals surface area contributed by atoms with Crippen molar-refractivity contribution in [3.05, 3.63) is 72.9 Å². The van der Waals surface area contributed by atoms with E-state index in [2.05, 4.69) is 87.5 Å². The Hall–Kier alpha value is -0.210. The Bertz CT molecular complexity index is 489. The SMILES string of the molecule is C[C-](C)C.C[Si]C.Cl.Cl.[Zr+3].[c-]1ccc[nH]1.c1ccc2[cH-]ccc2c1. The van der Waals surface area contributed by atoms with Crippen LogP contribution in [-0.4, -0.2) is 14.5 Å². The molecule has 131 valence electrons. The van der Waals surface area contributed by atoms with Crippen LogP contribution < -0.4 is 0 Å². The van der Waals surface area contributed by atoms with Crippen LogP contribution in [0.1, 0.15) is 20.8 Å². The van der Waals surface area contributed by atoms with E-state index in [1.807, 2.05) is 18.3 Å². The monoisotopic (exact) mass is 458 g/mol. The van der Waals surface area contributed by atoms with Crippen molar-refractivity contribution in [3.63, 3.8) is 0 Å². The first-order valence-corrected chi connectivity index (χ1v) is 9.07. The van der Waals surface area contributed by atoms with Crippen LogP contribution >= 0.6 is 24.8 Å². The minimum atomic E-state index is 0. The number of aromatic nitrogens is 1. The Labute approximate surface area is 182 Å². The summed E-state index contributed by atoms with van der Waals surface area (Å²) in [5.74, 6) is 1.42. The van der Waals surface area contributed by atoms with Gasteiger partial charge in [0.1, 0.15) is 0 Å². The van der Waals surface area contributed by atoms with E-state index in [0.717, 1.165) is 9.52 Å². The quantitative estimate of drug-likeness (QED) is 0.287. The summed E-state index contributed by atoms with van der Waals surface area (Å²) < 4.78 is 0. The molecule has 0 aliphatic rings. The van der Waals surface area contributed by atoms with Crippen molar-refractivity contribution in [2.24, 2.45) is 0 Å². The molecule has 3 radical (unpaired) electrons. The maximum Gasteiger partial charge on any atom is 3.00 e. The van der Waals surface area contributed by atoms with Crippen LogP contribution in [0.15, 0.2) is 60.8 Å². The van der Waals surface area contributed by atoms with E-state index in [1.54, 1.807) is 0 Å². The molecule has 1 heterocycles. The molecule has 0 unspecified atom stereocenters. The third kappa shape index (κ3) is 19.8. The van der Waals surface area contributed by atoms with Gasteiger partial charge in [0.15, 0.2) is 0 Å². The van der Waals surface area contributed by atoms with Gasteiger partial charge in [-0.05, 0) is 0 Å². The molecule has 0 fully saturated rings. The van der Waals surface area contributed by atoms with Crippen molar-refractivity contribution in [2.45, 2.75) is 33.9 Å². The van der Waals surface area contributed by atoms with Crippen LogP contribution in [0.25, 0.3) is 10.8 Å². The number of hydrogen-bond acceptors (Lipinski definition) is 0. The van der Waals surface area contributed by atoms with Crippen molar-refractivity contribution in [1.29, 1.82) is 0 Å².